The molecule has 5 nitrogen and oxygen atoms in total. The molecule has 0 saturated carbocycles. The van der Waals surface area contributed by atoms with Crippen molar-refractivity contribution >= 4 is 11.8 Å². The van der Waals surface area contributed by atoms with Gasteiger partial charge >= 0.3 is 0 Å². The first-order valence-electron chi connectivity index (χ1n) is 8.06. The summed E-state index contributed by atoms with van der Waals surface area (Å²) >= 11 is 0. The predicted octanol–water partition coefficient (Wildman–Crippen LogP) is 1.87. The SMILES string of the molecule is C=CC(=O)NCc1ccc(C(=O)N2CCCCC2CCO)cc1. The normalized spacial score (nSPS) is 17.6. The number of carbonyl (C=O) groups is 2. The lowest BCUT2D eigenvalue weighted by Crippen LogP contribution is -2.44. The van der Waals surface area contributed by atoms with E-state index in [9.17, 15) is 9.59 Å². The number of carbonyl (C=O) groups excluding carboxylic acids is 2. The summed E-state index contributed by atoms with van der Waals surface area (Å²) in [6, 6.07) is 7.42. The number of likely N-dealkylation sites (tertiary alicyclic amines) is 1. The van der Waals surface area contributed by atoms with Gasteiger partial charge in [0.25, 0.3) is 5.91 Å². The third kappa shape index (κ3) is 4.66. The van der Waals surface area contributed by atoms with Gasteiger partial charge in [-0.3, -0.25) is 9.59 Å². The van der Waals surface area contributed by atoms with Crippen LogP contribution in [0, 0.1) is 0 Å². The van der Waals surface area contributed by atoms with Crippen LogP contribution >= 0.6 is 0 Å². The number of benzene rings is 1. The highest BCUT2D eigenvalue weighted by Gasteiger charge is 2.26. The molecule has 1 aliphatic heterocycles. The van der Waals surface area contributed by atoms with Crippen LogP contribution in [0.5, 0.6) is 0 Å². The summed E-state index contributed by atoms with van der Waals surface area (Å²) in [4.78, 5) is 25.7. The monoisotopic (exact) mass is 316 g/mol. The Balaban J connectivity index is 2.01. The molecule has 1 aliphatic rings. The average Bonchev–Trinajstić information content (AvgIpc) is 2.60. The van der Waals surface area contributed by atoms with Crippen molar-refractivity contribution in [3.05, 3.63) is 48.0 Å². The van der Waals surface area contributed by atoms with Crippen molar-refractivity contribution in [2.75, 3.05) is 13.2 Å². The number of piperidine rings is 1. The molecular formula is C18H24N2O3. The van der Waals surface area contributed by atoms with E-state index < -0.39 is 0 Å². The van der Waals surface area contributed by atoms with E-state index in [1.165, 1.54) is 6.08 Å². The molecule has 0 aromatic heterocycles. The van der Waals surface area contributed by atoms with Gasteiger partial charge in [0, 0.05) is 31.3 Å². The first kappa shape index (κ1) is 17.2. The maximum atomic E-state index is 12.7. The Morgan fingerprint density at radius 3 is 2.70 bits per heavy atom. The second kappa shape index (κ2) is 8.48. The van der Waals surface area contributed by atoms with Crippen LogP contribution in [0.3, 0.4) is 0 Å². The second-order valence-corrected chi connectivity index (χ2v) is 5.78. The molecule has 0 aliphatic carbocycles. The Morgan fingerprint density at radius 1 is 1.30 bits per heavy atom. The van der Waals surface area contributed by atoms with E-state index in [-0.39, 0.29) is 24.5 Å². The average molecular weight is 316 g/mol. The van der Waals surface area contributed by atoms with Crippen LogP contribution in [0.25, 0.3) is 0 Å². The first-order valence-corrected chi connectivity index (χ1v) is 8.06. The second-order valence-electron chi connectivity index (χ2n) is 5.78. The number of nitrogens with one attached hydrogen (secondary N) is 1. The van der Waals surface area contributed by atoms with Crippen LogP contribution in [-0.4, -0.2) is 41.0 Å². The lowest BCUT2D eigenvalue weighted by atomic mass is 9.98. The van der Waals surface area contributed by atoms with Crippen LogP contribution in [0.2, 0.25) is 0 Å². The molecule has 2 amide bonds. The molecule has 23 heavy (non-hydrogen) atoms. The van der Waals surface area contributed by atoms with Crippen LogP contribution in [0.15, 0.2) is 36.9 Å². The topological polar surface area (TPSA) is 69.6 Å². The lowest BCUT2D eigenvalue weighted by molar-refractivity contribution is -0.116. The molecular weight excluding hydrogens is 292 g/mol. The summed E-state index contributed by atoms with van der Waals surface area (Å²) < 4.78 is 0. The van der Waals surface area contributed by atoms with E-state index in [1.54, 1.807) is 12.1 Å². The van der Waals surface area contributed by atoms with Crippen LogP contribution in [0.1, 0.15) is 41.6 Å². The third-order valence-electron chi connectivity index (χ3n) is 4.20. The van der Waals surface area contributed by atoms with Gasteiger partial charge in [-0.25, -0.2) is 0 Å². The summed E-state index contributed by atoms with van der Waals surface area (Å²) in [7, 11) is 0. The Morgan fingerprint density at radius 2 is 2.04 bits per heavy atom. The minimum Gasteiger partial charge on any atom is -0.396 e. The molecule has 0 spiro atoms. The van der Waals surface area contributed by atoms with Crippen molar-refractivity contribution in [3.63, 3.8) is 0 Å². The fourth-order valence-electron chi connectivity index (χ4n) is 2.91. The predicted molar refractivity (Wildman–Crippen MR) is 88.9 cm³/mol. The van der Waals surface area contributed by atoms with Gasteiger partial charge < -0.3 is 15.3 Å². The zero-order valence-corrected chi connectivity index (χ0v) is 13.3. The van der Waals surface area contributed by atoms with Gasteiger partial charge in [-0.15, -0.1) is 0 Å². The fourth-order valence-corrected chi connectivity index (χ4v) is 2.91. The van der Waals surface area contributed by atoms with Crippen LogP contribution < -0.4 is 5.32 Å². The molecule has 1 atom stereocenters. The zero-order chi connectivity index (χ0) is 16.7. The number of aliphatic hydroxyl groups is 1. The Bertz CT molecular complexity index is 552. The highest BCUT2D eigenvalue weighted by Crippen LogP contribution is 2.22. The summed E-state index contributed by atoms with van der Waals surface area (Å²) in [5.41, 5.74) is 1.58. The summed E-state index contributed by atoms with van der Waals surface area (Å²) in [5, 5.41) is 11.9. The molecule has 0 bridgehead atoms. The van der Waals surface area contributed by atoms with E-state index in [2.05, 4.69) is 11.9 Å². The fraction of sp³-hybridized carbons (Fsp3) is 0.444. The molecule has 0 radical (unpaired) electrons. The van der Waals surface area contributed by atoms with E-state index >= 15 is 0 Å². The van der Waals surface area contributed by atoms with Crippen molar-refractivity contribution in [1.29, 1.82) is 0 Å². The van der Waals surface area contributed by atoms with E-state index in [1.807, 2.05) is 17.0 Å². The van der Waals surface area contributed by atoms with Gasteiger partial charge in [0.05, 0.1) is 0 Å². The van der Waals surface area contributed by atoms with Crippen LogP contribution in [0.4, 0.5) is 0 Å². The van der Waals surface area contributed by atoms with Gasteiger partial charge in [0.15, 0.2) is 0 Å². The lowest BCUT2D eigenvalue weighted by Gasteiger charge is -2.35. The Hall–Kier alpha value is -2.14. The Kier molecular flexibility index (Phi) is 6.35. The molecule has 1 aromatic carbocycles. The Labute approximate surface area is 137 Å². The molecule has 1 fully saturated rings. The number of hydrogen-bond acceptors (Lipinski definition) is 3. The highest BCUT2D eigenvalue weighted by molar-refractivity contribution is 5.94. The molecule has 2 N–H and O–H groups in total. The number of hydrogen-bond donors (Lipinski definition) is 2. The maximum Gasteiger partial charge on any atom is 0.254 e. The van der Waals surface area contributed by atoms with Gasteiger partial charge in [-0.1, -0.05) is 18.7 Å². The molecule has 1 unspecified atom stereocenters. The van der Waals surface area contributed by atoms with Gasteiger partial charge in [-0.2, -0.15) is 0 Å². The summed E-state index contributed by atoms with van der Waals surface area (Å²) in [5.74, 6) is -0.199. The standard InChI is InChI=1S/C18H24N2O3/c1-2-17(22)19-13-14-6-8-15(9-7-14)18(23)20-11-4-3-5-16(20)10-12-21/h2,6-9,16,21H,1,3-5,10-13H2,(H,19,22). The minimum absolute atomic E-state index is 0.0184. The molecule has 1 heterocycles. The van der Waals surface area contributed by atoms with E-state index in [4.69, 9.17) is 5.11 Å². The van der Waals surface area contributed by atoms with Crippen LogP contribution in [-0.2, 0) is 11.3 Å². The van der Waals surface area contributed by atoms with Gasteiger partial charge in [0.1, 0.15) is 0 Å². The third-order valence-corrected chi connectivity index (χ3v) is 4.20. The number of rotatable bonds is 6. The molecule has 2 rings (SSSR count). The quantitative estimate of drug-likeness (QED) is 0.787. The van der Waals surface area contributed by atoms with Crippen molar-refractivity contribution < 1.29 is 14.7 Å². The summed E-state index contributed by atoms with van der Waals surface area (Å²) in [6.45, 7) is 4.68. The summed E-state index contributed by atoms with van der Waals surface area (Å²) in [6.07, 6.45) is 4.95. The molecule has 124 valence electrons. The first-order chi connectivity index (χ1) is 11.2. The maximum absolute atomic E-state index is 12.7. The van der Waals surface area contributed by atoms with Crippen molar-refractivity contribution in [1.82, 2.24) is 10.2 Å². The van der Waals surface area contributed by atoms with Crippen molar-refractivity contribution in [2.24, 2.45) is 0 Å². The van der Waals surface area contributed by atoms with Gasteiger partial charge in [-0.05, 0) is 49.5 Å². The smallest absolute Gasteiger partial charge is 0.254 e. The van der Waals surface area contributed by atoms with E-state index in [0.717, 1.165) is 31.4 Å². The molecule has 5 heteroatoms. The highest BCUT2D eigenvalue weighted by atomic mass is 16.3. The van der Waals surface area contributed by atoms with Gasteiger partial charge in [0.2, 0.25) is 5.91 Å². The number of aliphatic hydroxyl groups excluding tert-OH is 1. The van der Waals surface area contributed by atoms with E-state index in [0.29, 0.717) is 18.5 Å². The zero-order valence-electron chi connectivity index (χ0n) is 13.3. The number of nitrogens with zero attached hydrogens (tertiary/aromatic N) is 1. The minimum atomic E-state index is -0.217. The largest absolute Gasteiger partial charge is 0.396 e. The molecule has 1 saturated heterocycles. The van der Waals surface area contributed by atoms with Crippen molar-refractivity contribution in [2.45, 2.75) is 38.3 Å². The molecule has 1 aromatic rings. The number of amides is 2. The van der Waals surface area contributed by atoms with Crippen molar-refractivity contribution in [3.8, 4) is 0 Å².